The molecule has 17 heavy (non-hydrogen) atoms. The van der Waals surface area contributed by atoms with Crippen LogP contribution >= 0.6 is 0 Å². The summed E-state index contributed by atoms with van der Waals surface area (Å²) in [4.78, 5) is 25.4. The van der Waals surface area contributed by atoms with Gasteiger partial charge in [-0.2, -0.15) is 0 Å². The minimum Gasteiger partial charge on any atom is -0.339 e. The largest absolute Gasteiger partial charge is 0.339 e. The highest BCUT2D eigenvalue weighted by molar-refractivity contribution is 5.95. The van der Waals surface area contributed by atoms with Crippen molar-refractivity contribution in [3.05, 3.63) is 35.9 Å². The summed E-state index contributed by atoms with van der Waals surface area (Å²) in [6.07, 6.45) is 0.862. The predicted octanol–water partition coefficient (Wildman–Crippen LogP) is 1.10. The van der Waals surface area contributed by atoms with Crippen LogP contribution < -0.4 is 5.32 Å². The molecule has 1 aliphatic heterocycles. The van der Waals surface area contributed by atoms with Crippen LogP contribution in [0.15, 0.2) is 30.3 Å². The number of carbonyl (C=O) groups excluding carboxylic acids is 2. The number of carbonyl (C=O) groups is 2. The lowest BCUT2D eigenvalue weighted by atomic mass is 10.0. The van der Waals surface area contributed by atoms with Gasteiger partial charge in [0.25, 0.3) is 0 Å². The van der Waals surface area contributed by atoms with Crippen LogP contribution in [0.4, 0.5) is 0 Å². The molecular weight excluding hydrogens is 216 g/mol. The fourth-order valence-corrected chi connectivity index (χ4v) is 2.03. The number of benzene rings is 1. The Balaban J connectivity index is 2.22. The highest BCUT2D eigenvalue weighted by atomic mass is 16.2. The maximum atomic E-state index is 12.2. The molecule has 1 aromatic carbocycles. The smallest absolute Gasteiger partial charge is 0.250 e. The normalized spacial score (nSPS) is 20.3. The number of hydrogen-bond acceptors (Lipinski definition) is 2. The topological polar surface area (TPSA) is 49.4 Å². The predicted molar refractivity (Wildman–Crippen MR) is 64.2 cm³/mol. The lowest BCUT2D eigenvalue weighted by Gasteiger charge is -2.32. The third kappa shape index (κ3) is 2.46. The second-order valence-electron chi connectivity index (χ2n) is 4.17. The van der Waals surface area contributed by atoms with E-state index in [1.54, 1.807) is 4.90 Å². The van der Waals surface area contributed by atoms with Gasteiger partial charge in [-0.15, -0.1) is 0 Å². The molecule has 0 saturated carbocycles. The molecule has 1 fully saturated rings. The van der Waals surface area contributed by atoms with Gasteiger partial charge in [0.15, 0.2) is 0 Å². The molecule has 1 heterocycles. The zero-order valence-electron chi connectivity index (χ0n) is 9.85. The van der Waals surface area contributed by atoms with Crippen molar-refractivity contribution in [3.8, 4) is 0 Å². The first-order valence-corrected chi connectivity index (χ1v) is 5.85. The van der Waals surface area contributed by atoms with Crippen molar-refractivity contribution in [2.45, 2.75) is 19.4 Å². The summed E-state index contributed by atoms with van der Waals surface area (Å²) < 4.78 is 0. The highest BCUT2D eigenvalue weighted by Crippen LogP contribution is 2.18. The van der Waals surface area contributed by atoms with Gasteiger partial charge in [0.2, 0.25) is 11.8 Å². The van der Waals surface area contributed by atoms with Crippen molar-refractivity contribution in [1.29, 1.82) is 0 Å². The van der Waals surface area contributed by atoms with Gasteiger partial charge in [0.05, 0.1) is 6.54 Å². The van der Waals surface area contributed by atoms with E-state index in [4.69, 9.17) is 0 Å². The lowest BCUT2D eigenvalue weighted by Crippen LogP contribution is -2.53. The van der Waals surface area contributed by atoms with Crippen LogP contribution in [0.2, 0.25) is 0 Å². The number of rotatable bonds is 3. The first-order chi connectivity index (χ1) is 8.22. The van der Waals surface area contributed by atoms with Gasteiger partial charge in [-0.05, 0) is 12.0 Å². The Morgan fingerprint density at radius 2 is 2.00 bits per heavy atom. The van der Waals surface area contributed by atoms with Gasteiger partial charge in [-0.3, -0.25) is 9.59 Å². The van der Waals surface area contributed by atoms with Crippen molar-refractivity contribution < 1.29 is 9.59 Å². The molecule has 1 aromatic rings. The molecule has 1 saturated heterocycles. The van der Waals surface area contributed by atoms with E-state index < -0.39 is 6.04 Å². The molecule has 0 bridgehead atoms. The Labute approximate surface area is 101 Å². The summed E-state index contributed by atoms with van der Waals surface area (Å²) in [6.45, 7) is 2.81. The molecule has 0 aromatic heterocycles. The maximum Gasteiger partial charge on any atom is 0.250 e. The summed E-state index contributed by atoms with van der Waals surface area (Å²) in [7, 11) is 0. The van der Waals surface area contributed by atoms with Gasteiger partial charge < -0.3 is 10.2 Å². The van der Waals surface area contributed by atoms with E-state index >= 15 is 0 Å². The van der Waals surface area contributed by atoms with Crippen LogP contribution in [0.5, 0.6) is 0 Å². The molecule has 4 heteroatoms. The number of nitrogens with one attached hydrogen (secondary N) is 1. The second kappa shape index (κ2) is 4.99. The summed E-state index contributed by atoms with van der Waals surface area (Å²) >= 11 is 0. The van der Waals surface area contributed by atoms with Crippen molar-refractivity contribution in [1.82, 2.24) is 10.2 Å². The summed E-state index contributed by atoms with van der Waals surface area (Å²) in [6, 6.07) is 8.82. The van der Waals surface area contributed by atoms with E-state index in [-0.39, 0.29) is 18.4 Å². The molecule has 1 N–H and O–H groups in total. The quantitative estimate of drug-likeness (QED) is 0.848. The molecular formula is C13H16N2O2. The van der Waals surface area contributed by atoms with Crippen molar-refractivity contribution in [2.75, 3.05) is 13.1 Å². The summed E-state index contributed by atoms with van der Waals surface area (Å²) in [5, 5.41) is 2.74. The molecule has 0 spiro atoms. The van der Waals surface area contributed by atoms with Crippen LogP contribution in [0, 0.1) is 0 Å². The standard InChI is InChI=1S/C13H16N2O2/c1-2-8-15-9-11(16)14-12(13(15)17)10-6-4-3-5-7-10/h3-7,12H,2,8-9H2,1H3,(H,14,16)/t12-/m1/s1. The molecule has 1 aliphatic rings. The first-order valence-electron chi connectivity index (χ1n) is 5.85. The number of amides is 2. The fraction of sp³-hybridized carbons (Fsp3) is 0.385. The molecule has 2 amide bonds. The second-order valence-corrected chi connectivity index (χ2v) is 4.17. The van der Waals surface area contributed by atoms with Crippen LogP contribution in [0.25, 0.3) is 0 Å². The first kappa shape index (κ1) is 11.6. The van der Waals surface area contributed by atoms with Crippen LogP contribution in [0.3, 0.4) is 0 Å². The van der Waals surface area contributed by atoms with E-state index in [2.05, 4.69) is 5.32 Å². The summed E-state index contributed by atoms with van der Waals surface area (Å²) in [5.41, 5.74) is 0.839. The Bertz CT molecular complexity index is 417. The monoisotopic (exact) mass is 232 g/mol. The number of hydrogen-bond donors (Lipinski definition) is 1. The Hall–Kier alpha value is -1.84. The van der Waals surface area contributed by atoms with E-state index in [0.717, 1.165) is 12.0 Å². The van der Waals surface area contributed by atoms with Crippen LogP contribution in [0.1, 0.15) is 24.9 Å². The number of nitrogens with zero attached hydrogens (tertiary/aromatic N) is 1. The van der Waals surface area contributed by atoms with Gasteiger partial charge in [0.1, 0.15) is 6.04 Å². The third-order valence-electron chi connectivity index (χ3n) is 2.82. The van der Waals surface area contributed by atoms with Gasteiger partial charge in [-0.25, -0.2) is 0 Å². The van der Waals surface area contributed by atoms with Gasteiger partial charge in [-0.1, -0.05) is 37.3 Å². The maximum absolute atomic E-state index is 12.2. The molecule has 2 rings (SSSR count). The Morgan fingerprint density at radius 1 is 1.29 bits per heavy atom. The minimum absolute atomic E-state index is 0.0161. The van der Waals surface area contributed by atoms with Crippen molar-refractivity contribution in [2.24, 2.45) is 0 Å². The average Bonchev–Trinajstić information content (AvgIpc) is 2.35. The van der Waals surface area contributed by atoms with E-state index in [1.165, 1.54) is 0 Å². The third-order valence-corrected chi connectivity index (χ3v) is 2.82. The highest BCUT2D eigenvalue weighted by Gasteiger charge is 2.32. The zero-order chi connectivity index (χ0) is 12.3. The molecule has 0 unspecified atom stereocenters. The van der Waals surface area contributed by atoms with Crippen molar-refractivity contribution in [3.63, 3.8) is 0 Å². The molecule has 4 nitrogen and oxygen atoms in total. The summed E-state index contributed by atoms with van der Waals surface area (Å²) in [5.74, 6) is -0.107. The molecule has 0 aliphatic carbocycles. The zero-order valence-corrected chi connectivity index (χ0v) is 9.85. The molecule has 0 radical (unpaired) electrons. The number of piperazine rings is 1. The van der Waals surface area contributed by atoms with E-state index in [1.807, 2.05) is 37.3 Å². The molecule has 90 valence electrons. The average molecular weight is 232 g/mol. The van der Waals surface area contributed by atoms with Gasteiger partial charge in [0, 0.05) is 6.54 Å². The van der Waals surface area contributed by atoms with E-state index in [0.29, 0.717) is 6.54 Å². The minimum atomic E-state index is -0.524. The SMILES string of the molecule is CCCN1CC(=O)N[C@H](c2ccccc2)C1=O. The lowest BCUT2D eigenvalue weighted by molar-refractivity contribution is -0.144. The Kier molecular flexibility index (Phi) is 3.42. The fourth-order valence-electron chi connectivity index (χ4n) is 2.03. The van der Waals surface area contributed by atoms with E-state index in [9.17, 15) is 9.59 Å². The van der Waals surface area contributed by atoms with Crippen LogP contribution in [-0.4, -0.2) is 29.8 Å². The van der Waals surface area contributed by atoms with Gasteiger partial charge >= 0.3 is 0 Å². The Morgan fingerprint density at radius 3 is 2.65 bits per heavy atom. The van der Waals surface area contributed by atoms with Crippen LogP contribution in [-0.2, 0) is 9.59 Å². The van der Waals surface area contributed by atoms with Crippen molar-refractivity contribution >= 4 is 11.8 Å². The molecule has 1 atom stereocenters.